The van der Waals surface area contributed by atoms with Gasteiger partial charge in [0.05, 0.1) is 23.2 Å². The molecule has 0 saturated heterocycles. The van der Waals surface area contributed by atoms with Crippen LogP contribution in [0.1, 0.15) is 16.8 Å². The fourth-order valence-electron chi connectivity index (χ4n) is 2.57. The van der Waals surface area contributed by atoms with Gasteiger partial charge in [-0.05, 0) is 29.1 Å². The van der Waals surface area contributed by atoms with E-state index in [9.17, 15) is 4.21 Å². The number of hydrogen-bond acceptors (Lipinski definition) is 2. The number of pyridine rings is 1. The molecule has 0 aliphatic carbocycles. The van der Waals surface area contributed by atoms with E-state index in [1.165, 1.54) is 16.3 Å². The van der Waals surface area contributed by atoms with Crippen molar-refractivity contribution >= 4 is 21.8 Å². The predicted octanol–water partition coefficient (Wildman–Crippen LogP) is 3.40. The number of rotatable bonds is 4. The van der Waals surface area contributed by atoms with E-state index in [0.717, 1.165) is 17.7 Å². The Bertz CT molecular complexity index is 950. The monoisotopic (exact) mass is 348 g/mol. The molecule has 2 aromatic carbocycles. The Hall–Kier alpha value is -2.48. The summed E-state index contributed by atoms with van der Waals surface area (Å²) in [6.45, 7) is 0.491. The lowest BCUT2D eigenvalue weighted by atomic mass is 10.0. The highest BCUT2D eigenvalue weighted by Crippen LogP contribution is 2.19. The number of nitrogens with zero attached hydrogens (tertiary/aromatic N) is 2. The molecule has 1 heterocycles. The van der Waals surface area contributed by atoms with Gasteiger partial charge in [0.25, 0.3) is 0 Å². The van der Waals surface area contributed by atoms with Crippen LogP contribution in [0.25, 0.3) is 10.8 Å². The quantitative estimate of drug-likeness (QED) is 0.677. The van der Waals surface area contributed by atoms with Crippen LogP contribution in [-0.4, -0.2) is 33.3 Å². The SMILES string of the molecule is CN(CC#Cc1ccc(Cc2nccc3ccccc23)cc1)S(C)=O. The standard InChI is InChI=1S/C21H20N2OS/c1-23(25(2)24)15-5-6-17-9-11-18(12-10-17)16-21-20-8-4-3-7-19(20)13-14-22-21/h3-4,7-14H,15-16H2,1-2H3. The Balaban J connectivity index is 1.73. The third kappa shape index (κ3) is 4.54. The summed E-state index contributed by atoms with van der Waals surface area (Å²) in [7, 11) is 0.814. The third-order valence-corrected chi connectivity index (χ3v) is 5.06. The molecule has 0 saturated carbocycles. The molecule has 0 fully saturated rings. The minimum absolute atomic E-state index is 0.491. The molecule has 0 N–H and O–H groups in total. The lowest BCUT2D eigenvalue weighted by molar-refractivity contribution is 0.580. The van der Waals surface area contributed by atoms with Crippen LogP contribution in [0.2, 0.25) is 0 Å². The van der Waals surface area contributed by atoms with Crippen LogP contribution in [0, 0.1) is 11.8 Å². The van der Waals surface area contributed by atoms with Crippen LogP contribution >= 0.6 is 0 Å². The van der Waals surface area contributed by atoms with E-state index in [4.69, 9.17) is 0 Å². The van der Waals surface area contributed by atoms with Gasteiger partial charge in [-0.2, -0.15) is 0 Å². The molecule has 4 heteroatoms. The zero-order chi connectivity index (χ0) is 17.6. The summed E-state index contributed by atoms with van der Waals surface area (Å²) in [4.78, 5) is 4.55. The highest BCUT2D eigenvalue weighted by molar-refractivity contribution is 7.81. The van der Waals surface area contributed by atoms with Crippen molar-refractivity contribution in [1.29, 1.82) is 0 Å². The van der Waals surface area contributed by atoms with Gasteiger partial charge in [-0.1, -0.05) is 48.2 Å². The Labute approximate surface area is 151 Å². The topological polar surface area (TPSA) is 33.2 Å². The smallest absolute Gasteiger partial charge is 0.0917 e. The van der Waals surface area contributed by atoms with Gasteiger partial charge in [-0.15, -0.1) is 0 Å². The van der Waals surface area contributed by atoms with Crippen molar-refractivity contribution < 1.29 is 4.21 Å². The Kier molecular flexibility index (Phi) is 5.60. The second-order valence-electron chi connectivity index (χ2n) is 5.86. The average Bonchev–Trinajstić information content (AvgIpc) is 2.63. The van der Waals surface area contributed by atoms with Gasteiger partial charge in [0.1, 0.15) is 0 Å². The summed E-state index contributed by atoms with van der Waals surface area (Å²) in [5.41, 5.74) is 3.26. The Morgan fingerprint density at radius 3 is 2.60 bits per heavy atom. The molecular formula is C21H20N2OS. The first kappa shape index (κ1) is 17.3. The maximum Gasteiger partial charge on any atom is 0.0917 e. The zero-order valence-corrected chi connectivity index (χ0v) is 15.2. The first-order valence-electron chi connectivity index (χ1n) is 8.08. The van der Waals surface area contributed by atoms with Crippen LogP contribution < -0.4 is 0 Å². The number of fused-ring (bicyclic) bond motifs is 1. The van der Waals surface area contributed by atoms with Gasteiger partial charge in [-0.25, -0.2) is 8.51 Å². The van der Waals surface area contributed by atoms with Crippen molar-refractivity contribution in [3.63, 3.8) is 0 Å². The molecule has 1 atom stereocenters. The summed E-state index contributed by atoms with van der Waals surface area (Å²) in [5.74, 6) is 6.16. The van der Waals surface area contributed by atoms with Crippen LogP contribution in [0.3, 0.4) is 0 Å². The van der Waals surface area contributed by atoms with Crippen LogP contribution in [-0.2, 0) is 17.4 Å². The van der Waals surface area contributed by atoms with Crippen LogP contribution in [0.5, 0.6) is 0 Å². The van der Waals surface area contributed by atoms with E-state index in [1.807, 2.05) is 36.5 Å². The van der Waals surface area contributed by atoms with E-state index in [-0.39, 0.29) is 0 Å². The van der Waals surface area contributed by atoms with E-state index in [1.54, 1.807) is 17.6 Å². The fourth-order valence-corrected chi connectivity index (χ4v) is 2.81. The van der Waals surface area contributed by atoms with Gasteiger partial charge in [0.15, 0.2) is 0 Å². The average molecular weight is 348 g/mol. The van der Waals surface area contributed by atoms with Gasteiger partial charge < -0.3 is 0 Å². The van der Waals surface area contributed by atoms with Crippen molar-refractivity contribution in [2.45, 2.75) is 6.42 Å². The largest absolute Gasteiger partial charge is 0.260 e. The molecule has 1 unspecified atom stereocenters. The van der Waals surface area contributed by atoms with Gasteiger partial charge in [0, 0.05) is 36.9 Å². The van der Waals surface area contributed by atoms with E-state index < -0.39 is 11.0 Å². The molecule has 0 bridgehead atoms. The summed E-state index contributed by atoms with van der Waals surface area (Å²) in [6, 6.07) is 18.6. The minimum Gasteiger partial charge on any atom is -0.260 e. The summed E-state index contributed by atoms with van der Waals surface area (Å²) < 4.78 is 13.0. The molecule has 0 aliphatic rings. The van der Waals surface area contributed by atoms with Crippen molar-refractivity contribution in [2.75, 3.05) is 19.8 Å². The number of hydrogen-bond donors (Lipinski definition) is 0. The molecule has 0 amide bonds. The van der Waals surface area contributed by atoms with E-state index >= 15 is 0 Å². The lowest BCUT2D eigenvalue weighted by Crippen LogP contribution is -2.19. The first-order chi connectivity index (χ1) is 12.1. The molecular weight excluding hydrogens is 328 g/mol. The highest BCUT2D eigenvalue weighted by Gasteiger charge is 2.03. The van der Waals surface area contributed by atoms with Crippen molar-refractivity contribution in [1.82, 2.24) is 9.29 Å². The first-order valence-corrected chi connectivity index (χ1v) is 9.60. The molecule has 3 aromatic rings. The molecule has 3 rings (SSSR count). The third-order valence-electron chi connectivity index (χ3n) is 4.06. The number of aromatic nitrogens is 1. The lowest BCUT2D eigenvalue weighted by Gasteiger charge is -2.07. The predicted molar refractivity (Wildman–Crippen MR) is 105 cm³/mol. The van der Waals surface area contributed by atoms with Crippen molar-refractivity contribution in [3.8, 4) is 11.8 Å². The molecule has 0 radical (unpaired) electrons. The van der Waals surface area contributed by atoms with Gasteiger partial charge >= 0.3 is 0 Å². The van der Waals surface area contributed by atoms with E-state index in [0.29, 0.717) is 6.54 Å². The Morgan fingerprint density at radius 2 is 1.84 bits per heavy atom. The minimum atomic E-state index is -0.982. The maximum atomic E-state index is 11.3. The molecule has 3 nitrogen and oxygen atoms in total. The number of benzene rings is 2. The highest BCUT2D eigenvalue weighted by atomic mass is 32.2. The van der Waals surface area contributed by atoms with Gasteiger partial charge in [0.2, 0.25) is 0 Å². The molecule has 25 heavy (non-hydrogen) atoms. The summed E-state index contributed by atoms with van der Waals surface area (Å²) in [6.07, 6.45) is 4.32. The van der Waals surface area contributed by atoms with Crippen molar-refractivity contribution in [3.05, 3.63) is 77.6 Å². The van der Waals surface area contributed by atoms with E-state index in [2.05, 4.69) is 41.1 Å². The van der Waals surface area contributed by atoms with Crippen LogP contribution in [0.15, 0.2) is 60.8 Å². The fraction of sp³-hybridized carbons (Fsp3) is 0.190. The van der Waals surface area contributed by atoms with Gasteiger partial charge in [-0.3, -0.25) is 4.98 Å². The zero-order valence-electron chi connectivity index (χ0n) is 14.4. The molecule has 0 aliphatic heterocycles. The molecule has 0 spiro atoms. The maximum absolute atomic E-state index is 11.3. The van der Waals surface area contributed by atoms with Crippen molar-refractivity contribution in [2.24, 2.45) is 0 Å². The Morgan fingerprint density at radius 1 is 1.08 bits per heavy atom. The summed E-state index contributed by atoms with van der Waals surface area (Å²) >= 11 is 0. The molecule has 126 valence electrons. The normalized spacial score (nSPS) is 12.0. The van der Waals surface area contributed by atoms with Crippen LogP contribution in [0.4, 0.5) is 0 Å². The molecule has 1 aromatic heterocycles. The second kappa shape index (κ2) is 8.06. The summed E-state index contributed by atoms with van der Waals surface area (Å²) in [5, 5.41) is 2.41. The second-order valence-corrected chi connectivity index (χ2v) is 7.33.